The van der Waals surface area contributed by atoms with Crippen molar-refractivity contribution in [1.82, 2.24) is 0 Å². The summed E-state index contributed by atoms with van der Waals surface area (Å²) >= 11 is 3.42. The fraction of sp³-hybridized carbons (Fsp3) is 0.182. The van der Waals surface area contributed by atoms with Crippen LogP contribution in [-0.4, -0.2) is 18.9 Å². The van der Waals surface area contributed by atoms with E-state index in [1.165, 1.54) is 27.5 Å². The van der Waals surface area contributed by atoms with Crippen LogP contribution in [0.15, 0.2) is 91.0 Å². The van der Waals surface area contributed by atoms with Gasteiger partial charge in [-0.05, 0) is 0 Å². The van der Waals surface area contributed by atoms with Crippen molar-refractivity contribution in [3.8, 4) is 0 Å². The summed E-state index contributed by atoms with van der Waals surface area (Å²) in [6.45, 7) is 0. The van der Waals surface area contributed by atoms with Gasteiger partial charge in [0.1, 0.15) is 0 Å². The molecule has 0 spiro atoms. The van der Waals surface area contributed by atoms with E-state index in [1.54, 1.807) is 0 Å². The first kappa shape index (κ1) is 17.8. The summed E-state index contributed by atoms with van der Waals surface area (Å²) in [4.78, 5) is 0. The molecule has 2 radical (unpaired) electrons. The van der Waals surface area contributed by atoms with Crippen LogP contribution in [0.5, 0.6) is 0 Å². The van der Waals surface area contributed by atoms with Gasteiger partial charge in [0.15, 0.2) is 0 Å². The van der Waals surface area contributed by atoms with Crippen LogP contribution in [0.3, 0.4) is 0 Å². The third-order valence-corrected chi connectivity index (χ3v) is 8.83. The fourth-order valence-electron chi connectivity index (χ4n) is 3.52. The number of halogens is 1. The molecule has 2 heteroatoms. The Morgan fingerprint density at radius 1 is 0.625 bits per heavy atom. The molecule has 3 aromatic rings. The summed E-state index contributed by atoms with van der Waals surface area (Å²) in [6.07, 6.45) is 2.41. The molecule has 0 unspecified atom stereocenters. The molecular formula is C22H21BrSn. The van der Waals surface area contributed by atoms with Gasteiger partial charge in [-0.25, -0.2) is 0 Å². The van der Waals surface area contributed by atoms with E-state index in [2.05, 4.69) is 104 Å². The number of hydrogen-bond acceptors (Lipinski definition) is 0. The standard InChI is InChI=1S/C22H21.BrH.Sn/c1-2-18-22(19-12-6-3-7-13-19,20-14-8-4-9-15-20)21-16-10-5-11-17-21;;/h3-17H,1-2,18H2;1H;/q;;+1/p-1. The van der Waals surface area contributed by atoms with Crippen LogP contribution in [0.2, 0.25) is 4.44 Å². The summed E-state index contributed by atoms with van der Waals surface area (Å²) in [5.41, 5.74) is 4.11. The molecule has 120 valence electrons. The Hall–Kier alpha value is -1.06. The van der Waals surface area contributed by atoms with Gasteiger partial charge in [-0.1, -0.05) is 0 Å². The van der Waals surface area contributed by atoms with Gasteiger partial charge in [-0.2, -0.15) is 0 Å². The van der Waals surface area contributed by atoms with Gasteiger partial charge < -0.3 is 0 Å². The van der Waals surface area contributed by atoms with Crippen molar-refractivity contribution in [3.05, 3.63) is 108 Å². The minimum atomic E-state index is -0.337. The molecule has 24 heavy (non-hydrogen) atoms. The average molecular weight is 484 g/mol. The summed E-state index contributed by atoms with van der Waals surface area (Å²) in [5, 5.41) is 0. The van der Waals surface area contributed by atoms with E-state index in [4.69, 9.17) is 0 Å². The summed E-state index contributed by atoms with van der Waals surface area (Å²) < 4.78 is 1.36. The number of hydrogen-bond donors (Lipinski definition) is 0. The Morgan fingerprint density at radius 3 is 1.33 bits per heavy atom. The molecule has 0 saturated carbocycles. The number of rotatable bonds is 7. The monoisotopic (exact) mass is 484 g/mol. The van der Waals surface area contributed by atoms with Gasteiger partial charge in [0.2, 0.25) is 0 Å². The first-order valence-electron chi connectivity index (χ1n) is 8.38. The molecule has 0 N–H and O–H groups in total. The second kappa shape index (κ2) is 8.87. The molecule has 0 aliphatic heterocycles. The average Bonchev–Trinajstić information content (AvgIpc) is 2.68. The van der Waals surface area contributed by atoms with E-state index in [1.807, 2.05) is 0 Å². The van der Waals surface area contributed by atoms with Gasteiger partial charge in [0, 0.05) is 0 Å². The molecular weight excluding hydrogens is 463 g/mol. The van der Waals surface area contributed by atoms with Crippen LogP contribution in [0, 0.1) is 0 Å². The molecule has 0 atom stereocenters. The summed E-state index contributed by atoms with van der Waals surface area (Å²) in [5.74, 6) is 0. The molecule has 0 saturated heterocycles. The van der Waals surface area contributed by atoms with Gasteiger partial charge >= 0.3 is 162 Å². The molecule has 0 aliphatic rings. The molecule has 0 nitrogen and oxygen atoms in total. The van der Waals surface area contributed by atoms with Gasteiger partial charge in [0.25, 0.3) is 0 Å². The van der Waals surface area contributed by atoms with Crippen LogP contribution < -0.4 is 0 Å². The fourth-order valence-corrected chi connectivity index (χ4v) is 6.29. The maximum atomic E-state index is 3.76. The second-order valence-electron chi connectivity index (χ2n) is 5.99. The zero-order chi connectivity index (χ0) is 16.7. The molecule has 0 amide bonds. The zero-order valence-electron chi connectivity index (χ0n) is 13.7. The van der Waals surface area contributed by atoms with Crippen LogP contribution in [0.1, 0.15) is 29.5 Å². The van der Waals surface area contributed by atoms with Crippen molar-refractivity contribution in [1.29, 1.82) is 0 Å². The minimum absolute atomic E-state index is 0.0641. The Kier molecular flexibility index (Phi) is 6.56. The first-order chi connectivity index (χ1) is 11.9. The van der Waals surface area contributed by atoms with Crippen molar-refractivity contribution in [3.63, 3.8) is 0 Å². The molecule has 0 fully saturated rings. The van der Waals surface area contributed by atoms with Crippen molar-refractivity contribution < 1.29 is 0 Å². The van der Waals surface area contributed by atoms with Crippen LogP contribution in [-0.2, 0) is 5.41 Å². The van der Waals surface area contributed by atoms with Crippen molar-refractivity contribution in [2.45, 2.75) is 22.7 Å². The van der Waals surface area contributed by atoms with Gasteiger partial charge in [0.05, 0.1) is 0 Å². The predicted molar refractivity (Wildman–Crippen MR) is 108 cm³/mol. The van der Waals surface area contributed by atoms with E-state index in [0.29, 0.717) is 0 Å². The Bertz CT molecular complexity index is 629. The normalized spacial score (nSPS) is 11.4. The van der Waals surface area contributed by atoms with E-state index < -0.39 is 0 Å². The second-order valence-corrected chi connectivity index (χ2v) is 11.9. The molecule has 0 aromatic heterocycles. The molecule has 0 heterocycles. The third kappa shape index (κ3) is 3.78. The number of benzene rings is 3. The molecule has 0 bridgehead atoms. The van der Waals surface area contributed by atoms with Crippen molar-refractivity contribution >= 4 is 31.6 Å². The Morgan fingerprint density at radius 2 is 1.00 bits per heavy atom. The van der Waals surface area contributed by atoms with E-state index >= 15 is 0 Å². The molecule has 3 aromatic carbocycles. The van der Waals surface area contributed by atoms with E-state index in [-0.39, 0.29) is 24.3 Å². The van der Waals surface area contributed by atoms with Crippen LogP contribution in [0.4, 0.5) is 0 Å². The molecule has 3 rings (SSSR count). The Balaban J connectivity index is 2.20. The third-order valence-electron chi connectivity index (χ3n) is 4.62. The van der Waals surface area contributed by atoms with E-state index in [9.17, 15) is 0 Å². The summed E-state index contributed by atoms with van der Waals surface area (Å²) in [7, 11) is 0. The van der Waals surface area contributed by atoms with Gasteiger partial charge in [-0.3, -0.25) is 0 Å². The summed E-state index contributed by atoms with van der Waals surface area (Å²) in [6, 6.07) is 33.0. The SMILES string of the molecule is [Br][Sn][CH2]CCC(c1ccccc1)(c1ccccc1)c1ccccc1. The quantitative estimate of drug-likeness (QED) is 0.212. The zero-order valence-corrected chi connectivity index (χ0v) is 18.1. The topological polar surface area (TPSA) is 0 Å². The molecule has 0 aliphatic carbocycles. The maximum absolute atomic E-state index is 3.76. The first-order valence-corrected chi connectivity index (χ1v) is 16.8. The predicted octanol–water partition coefficient (Wildman–Crippen LogP) is 6.23. The van der Waals surface area contributed by atoms with E-state index in [0.717, 1.165) is 6.42 Å². The van der Waals surface area contributed by atoms with Crippen LogP contribution in [0.25, 0.3) is 0 Å². The van der Waals surface area contributed by atoms with Gasteiger partial charge in [-0.15, -0.1) is 0 Å². The van der Waals surface area contributed by atoms with Crippen molar-refractivity contribution in [2.24, 2.45) is 0 Å². The Labute approximate surface area is 161 Å². The van der Waals surface area contributed by atoms with Crippen molar-refractivity contribution in [2.75, 3.05) is 0 Å². The van der Waals surface area contributed by atoms with Crippen LogP contribution >= 0.6 is 12.7 Å².